The average molecular weight is 406 g/mol. The lowest BCUT2D eigenvalue weighted by atomic mass is 9.48. The maximum absolute atomic E-state index is 12.3. The summed E-state index contributed by atoms with van der Waals surface area (Å²) in [7, 11) is 0. The zero-order valence-corrected chi connectivity index (χ0v) is 17.0. The van der Waals surface area contributed by atoms with Crippen LogP contribution in [0.15, 0.2) is 24.3 Å². The fourth-order valence-electron chi connectivity index (χ4n) is 6.00. The predicted molar refractivity (Wildman–Crippen MR) is 106 cm³/mol. The Morgan fingerprint density at radius 3 is 2.21 bits per heavy atom. The molecular formula is C22H28ClNO4. The van der Waals surface area contributed by atoms with Gasteiger partial charge in [-0.1, -0.05) is 11.6 Å². The molecule has 0 heterocycles. The SMILES string of the molecule is C[C@H](NC(=O)COC(=O)COc1ccc(Cl)cc1)C12CC3CC(CC(C3)C1)C2. The van der Waals surface area contributed by atoms with Crippen LogP contribution < -0.4 is 10.1 Å². The summed E-state index contributed by atoms with van der Waals surface area (Å²) in [6.45, 7) is 1.62. The van der Waals surface area contributed by atoms with E-state index >= 15 is 0 Å². The summed E-state index contributed by atoms with van der Waals surface area (Å²) in [6, 6.07) is 6.84. The molecule has 1 amide bonds. The van der Waals surface area contributed by atoms with E-state index in [1.54, 1.807) is 24.3 Å². The lowest BCUT2D eigenvalue weighted by molar-refractivity contribution is -0.151. The summed E-state index contributed by atoms with van der Waals surface area (Å²) in [5.41, 5.74) is 0.242. The molecule has 5 rings (SSSR count). The van der Waals surface area contributed by atoms with Crippen LogP contribution >= 0.6 is 11.6 Å². The monoisotopic (exact) mass is 405 g/mol. The van der Waals surface area contributed by atoms with Gasteiger partial charge in [-0.3, -0.25) is 4.79 Å². The second kappa shape index (κ2) is 7.94. The number of carbonyl (C=O) groups excluding carboxylic acids is 2. The maximum Gasteiger partial charge on any atom is 0.344 e. The van der Waals surface area contributed by atoms with E-state index in [-0.39, 0.29) is 30.6 Å². The molecular weight excluding hydrogens is 378 g/mol. The van der Waals surface area contributed by atoms with Crippen LogP contribution in [0.1, 0.15) is 45.4 Å². The summed E-state index contributed by atoms with van der Waals surface area (Å²) >= 11 is 5.81. The standard InChI is InChI=1S/C22H28ClNO4/c1-14(22-9-15-6-16(10-22)8-17(7-15)11-22)24-20(25)12-28-21(26)13-27-19-4-2-18(23)3-5-19/h2-5,14-17H,6-13H2,1H3,(H,24,25)/t14-,15?,16?,17?,22?/m0/s1. The van der Waals surface area contributed by atoms with E-state index in [1.165, 1.54) is 38.5 Å². The number of amides is 1. The molecule has 6 heteroatoms. The van der Waals surface area contributed by atoms with Gasteiger partial charge in [0.2, 0.25) is 0 Å². The first-order valence-electron chi connectivity index (χ1n) is 10.3. The lowest BCUT2D eigenvalue weighted by Crippen LogP contribution is -2.56. The van der Waals surface area contributed by atoms with Crippen LogP contribution in [0.25, 0.3) is 0 Å². The van der Waals surface area contributed by atoms with Gasteiger partial charge in [0, 0.05) is 11.1 Å². The number of hydrogen-bond acceptors (Lipinski definition) is 4. The Hall–Kier alpha value is -1.75. The van der Waals surface area contributed by atoms with Gasteiger partial charge in [0.05, 0.1) is 0 Å². The minimum atomic E-state index is -0.562. The molecule has 1 atom stereocenters. The van der Waals surface area contributed by atoms with Gasteiger partial charge in [-0.15, -0.1) is 0 Å². The van der Waals surface area contributed by atoms with Gasteiger partial charge >= 0.3 is 5.97 Å². The van der Waals surface area contributed by atoms with Gasteiger partial charge in [0.15, 0.2) is 13.2 Å². The molecule has 5 nitrogen and oxygen atoms in total. The molecule has 4 aliphatic carbocycles. The molecule has 28 heavy (non-hydrogen) atoms. The van der Waals surface area contributed by atoms with Crippen molar-refractivity contribution in [2.24, 2.45) is 23.2 Å². The van der Waals surface area contributed by atoms with E-state index < -0.39 is 5.97 Å². The number of benzene rings is 1. The molecule has 4 saturated carbocycles. The Balaban J connectivity index is 1.21. The summed E-state index contributed by atoms with van der Waals surface area (Å²) in [5, 5.41) is 3.70. The van der Waals surface area contributed by atoms with Gasteiger partial charge in [-0.25, -0.2) is 4.79 Å². The van der Waals surface area contributed by atoms with Gasteiger partial charge in [-0.05, 0) is 92.9 Å². The number of halogens is 1. The van der Waals surface area contributed by atoms with Gasteiger partial charge < -0.3 is 14.8 Å². The largest absolute Gasteiger partial charge is 0.482 e. The van der Waals surface area contributed by atoms with Gasteiger partial charge in [0.25, 0.3) is 5.91 Å². The number of nitrogens with one attached hydrogen (secondary N) is 1. The molecule has 0 unspecified atom stereocenters. The number of esters is 1. The van der Waals surface area contributed by atoms with E-state index in [2.05, 4.69) is 12.2 Å². The molecule has 0 aliphatic heterocycles. The fraction of sp³-hybridized carbons (Fsp3) is 0.636. The number of ether oxygens (including phenoxy) is 2. The van der Waals surface area contributed by atoms with Crippen molar-refractivity contribution in [3.8, 4) is 5.75 Å². The minimum Gasteiger partial charge on any atom is -0.482 e. The maximum atomic E-state index is 12.3. The zero-order chi connectivity index (χ0) is 19.7. The Bertz CT molecular complexity index is 697. The highest BCUT2D eigenvalue weighted by Crippen LogP contribution is 2.61. The van der Waals surface area contributed by atoms with Crippen LogP contribution in [0.2, 0.25) is 5.02 Å². The van der Waals surface area contributed by atoms with Crippen molar-refractivity contribution in [2.75, 3.05) is 13.2 Å². The molecule has 4 fully saturated rings. The van der Waals surface area contributed by atoms with Crippen molar-refractivity contribution < 1.29 is 19.1 Å². The van der Waals surface area contributed by atoms with E-state index in [0.717, 1.165) is 17.8 Å². The fourth-order valence-corrected chi connectivity index (χ4v) is 6.13. The molecule has 0 spiro atoms. The molecule has 4 bridgehead atoms. The number of rotatable bonds is 7. The molecule has 0 radical (unpaired) electrons. The van der Waals surface area contributed by atoms with Crippen molar-refractivity contribution in [1.82, 2.24) is 5.32 Å². The predicted octanol–water partition coefficient (Wildman–Crippen LogP) is 3.98. The van der Waals surface area contributed by atoms with Crippen LogP contribution in [0.5, 0.6) is 5.75 Å². The average Bonchev–Trinajstić information content (AvgIpc) is 2.65. The van der Waals surface area contributed by atoms with E-state index in [0.29, 0.717) is 10.8 Å². The number of hydrogen-bond donors (Lipinski definition) is 1. The molecule has 0 saturated heterocycles. The molecule has 1 N–H and O–H groups in total. The second-order valence-electron chi connectivity index (χ2n) is 8.97. The third kappa shape index (κ3) is 4.29. The minimum absolute atomic E-state index is 0.123. The smallest absolute Gasteiger partial charge is 0.344 e. The summed E-state index contributed by atoms with van der Waals surface area (Å²) < 4.78 is 10.4. The Kier molecular flexibility index (Phi) is 5.55. The lowest BCUT2D eigenvalue weighted by Gasteiger charge is -2.59. The van der Waals surface area contributed by atoms with E-state index in [1.807, 2.05) is 0 Å². The molecule has 1 aromatic carbocycles. The highest BCUT2D eigenvalue weighted by Gasteiger charge is 2.53. The Morgan fingerprint density at radius 2 is 1.64 bits per heavy atom. The van der Waals surface area contributed by atoms with Crippen molar-refractivity contribution in [2.45, 2.75) is 51.5 Å². The quantitative estimate of drug-likeness (QED) is 0.697. The normalized spacial score (nSPS) is 31.3. The summed E-state index contributed by atoms with van der Waals surface area (Å²) in [6.07, 6.45) is 7.83. The summed E-state index contributed by atoms with van der Waals surface area (Å²) in [4.78, 5) is 24.2. The van der Waals surface area contributed by atoms with Crippen LogP contribution in [-0.4, -0.2) is 31.1 Å². The summed E-state index contributed by atoms with van der Waals surface area (Å²) in [5.74, 6) is 2.26. The molecule has 4 aliphatic rings. The van der Waals surface area contributed by atoms with E-state index in [9.17, 15) is 9.59 Å². The van der Waals surface area contributed by atoms with Crippen LogP contribution in [-0.2, 0) is 14.3 Å². The highest BCUT2D eigenvalue weighted by molar-refractivity contribution is 6.30. The van der Waals surface area contributed by atoms with Crippen molar-refractivity contribution in [1.29, 1.82) is 0 Å². The Labute approximate surface area is 171 Å². The van der Waals surface area contributed by atoms with Crippen molar-refractivity contribution in [3.05, 3.63) is 29.3 Å². The molecule has 152 valence electrons. The van der Waals surface area contributed by atoms with Crippen LogP contribution in [0.3, 0.4) is 0 Å². The third-order valence-electron chi connectivity index (χ3n) is 6.92. The topological polar surface area (TPSA) is 64.6 Å². The first-order chi connectivity index (χ1) is 13.4. The first kappa shape index (κ1) is 19.6. The van der Waals surface area contributed by atoms with Gasteiger partial charge in [-0.2, -0.15) is 0 Å². The highest BCUT2D eigenvalue weighted by atomic mass is 35.5. The molecule has 0 aromatic heterocycles. The van der Waals surface area contributed by atoms with Gasteiger partial charge in [0.1, 0.15) is 5.75 Å². The van der Waals surface area contributed by atoms with Crippen LogP contribution in [0, 0.1) is 23.2 Å². The molecule has 1 aromatic rings. The first-order valence-corrected chi connectivity index (χ1v) is 10.6. The zero-order valence-electron chi connectivity index (χ0n) is 16.3. The Morgan fingerprint density at radius 1 is 1.07 bits per heavy atom. The van der Waals surface area contributed by atoms with Crippen molar-refractivity contribution >= 4 is 23.5 Å². The number of carbonyl (C=O) groups is 2. The van der Waals surface area contributed by atoms with E-state index in [4.69, 9.17) is 21.1 Å². The van der Waals surface area contributed by atoms with Crippen LogP contribution in [0.4, 0.5) is 0 Å². The van der Waals surface area contributed by atoms with Crippen molar-refractivity contribution in [3.63, 3.8) is 0 Å². The third-order valence-corrected chi connectivity index (χ3v) is 7.17. The second-order valence-corrected chi connectivity index (χ2v) is 9.41.